The van der Waals surface area contributed by atoms with E-state index in [0.29, 0.717) is 11.4 Å². The number of sulfonamides is 1. The molecule has 2 aliphatic rings. The van der Waals surface area contributed by atoms with Crippen molar-refractivity contribution in [2.75, 3.05) is 17.8 Å². The number of carbonyl (C=O) groups is 1. The number of fused-ring (bicyclic) bond motifs is 3. The highest BCUT2D eigenvalue weighted by Gasteiger charge is 2.24. The second-order valence-electron chi connectivity index (χ2n) is 7.56. The van der Waals surface area contributed by atoms with E-state index in [-0.39, 0.29) is 10.8 Å². The van der Waals surface area contributed by atoms with Crippen molar-refractivity contribution in [3.05, 3.63) is 71.5 Å². The van der Waals surface area contributed by atoms with Gasteiger partial charge in [0.25, 0.3) is 15.9 Å². The Morgan fingerprint density at radius 2 is 1.72 bits per heavy atom. The number of nitrogens with one attached hydrogen (secondary N) is 2. The average molecular weight is 407 g/mol. The fourth-order valence-corrected chi connectivity index (χ4v) is 5.21. The van der Waals surface area contributed by atoms with E-state index in [1.54, 1.807) is 11.0 Å². The zero-order valence-corrected chi connectivity index (χ0v) is 16.6. The van der Waals surface area contributed by atoms with Crippen LogP contribution in [0.2, 0.25) is 0 Å². The summed E-state index contributed by atoms with van der Waals surface area (Å²) in [7, 11) is -3.79. The van der Waals surface area contributed by atoms with Gasteiger partial charge in [-0.1, -0.05) is 30.3 Å². The van der Waals surface area contributed by atoms with E-state index in [2.05, 4.69) is 21.8 Å². The monoisotopic (exact) mass is 407 g/mol. The standard InChI is InChI=1S/C22H21N3O3S/c26-22(25-9-3-4-10-25)21-13-18(14-23-21)29(27,28)24-17-7-8-20-16(12-17)11-15-5-1-2-6-19(15)20/h1-2,5-8,12-14,23-24H,3-4,9-11H2. The molecule has 2 aromatic carbocycles. The van der Waals surface area contributed by atoms with Crippen LogP contribution in [0.15, 0.2) is 59.6 Å². The molecule has 2 N–H and O–H groups in total. The van der Waals surface area contributed by atoms with Crippen molar-refractivity contribution in [2.24, 2.45) is 0 Å². The number of anilines is 1. The molecule has 0 spiro atoms. The topological polar surface area (TPSA) is 82.3 Å². The first kappa shape index (κ1) is 18.0. The van der Waals surface area contributed by atoms with Crippen LogP contribution in [0.4, 0.5) is 5.69 Å². The Hall–Kier alpha value is -3.06. The number of H-pyrrole nitrogens is 1. The molecule has 0 atom stereocenters. The van der Waals surface area contributed by atoms with E-state index in [0.717, 1.165) is 43.5 Å². The average Bonchev–Trinajstić information content (AvgIpc) is 3.45. The highest BCUT2D eigenvalue weighted by Crippen LogP contribution is 2.37. The van der Waals surface area contributed by atoms with Gasteiger partial charge in [-0.25, -0.2) is 8.42 Å². The molecule has 0 bridgehead atoms. The van der Waals surface area contributed by atoms with E-state index in [1.807, 2.05) is 24.3 Å². The second kappa shape index (κ2) is 6.77. The van der Waals surface area contributed by atoms with Gasteiger partial charge < -0.3 is 9.88 Å². The Morgan fingerprint density at radius 3 is 2.55 bits per heavy atom. The molecule has 1 fully saturated rings. The molecule has 148 valence electrons. The van der Waals surface area contributed by atoms with Crippen LogP contribution in [0.25, 0.3) is 11.1 Å². The molecule has 0 unspecified atom stereocenters. The summed E-state index contributed by atoms with van der Waals surface area (Å²) >= 11 is 0. The van der Waals surface area contributed by atoms with Crippen molar-refractivity contribution in [3.8, 4) is 11.1 Å². The molecule has 1 saturated heterocycles. The maximum absolute atomic E-state index is 12.8. The van der Waals surface area contributed by atoms with Crippen molar-refractivity contribution in [1.82, 2.24) is 9.88 Å². The van der Waals surface area contributed by atoms with Gasteiger partial charge in [0.2, 0.25) is 0 Å². The number of aromatic amines is 1. The van der Waals surface area contributed by atoms with Gasteiger partial charge in [-0.05, 0) is 59.7 Å². The van der Waals surface area contributed by atoms with Gasteiger partial charge in [-0.15, -0.1) is 0 Å². The normalized spacial score (nSPS) is 15.2. The third-order valence-electron chi connectivity index (χ3n) is 5.64. The van der Waals surface area contributed by atoms with Gasteiger partial charge >= 0.3 is 0 Å². The van der Waals surface area contributed by atoms with E-state index in [9.17, 15) is 13.2 Å². The zero-order valence-electron chi connectivity index (χ0n) is 15.8. The van der Waals surface area contributed by atoms with E-state index in [4.69, 9.17) is 0 Å². The van der Waals surface area contributed by atoms with Crippen molar-refractivity contribution in [2.45, 2.75) is 24.2 Å². The molecule has 1 aliphatic carbocycles. The lowest BCUT2D eigenvalue weighted by atomic mass is 10.1. The van der Waals surface area contributed by atoms with E-state index in [1.165, 1.54) is 23.4 Å². The van der Waals surface area contributed by atoms with Gasteiger partial charge in [-0.2, -0.15) is 0 Å². The molecule has 5 rings (SSSR count). The first-order valence-electron chi connectivity index (χ1n) is 9.73. The summed E-state index contributed by atoms with van der Waals surface area (Å²) < 4.78 is 28.3. The van der Waals surface area contributed by atoms with Gasteiger partial charge in [0, 0.05) is 25.0 Å². The smallest absolute Gasteiger partial charge is 0.270 e. The van der Waals surface area contributed by atoms with Crippen LogP contribution in [0.3, 0.4) is 0 Å². The summed E-state index contributed by atoms with van der Waals surface area (Å²) in [5.74, 6) is -0.153. The molecule has 0 saturated carbocycles. The fraction of sp³-hybridized carbons (Fsp3) is 0.227. The molecule has 2 heterocycles. The largest absolute Gasteiger partial charge is 0.356 e. The fourth-order valence-electron chi connectivity index (χ4n) is 4.17. The van der Waals surface area contributed by atoms with Crippen LogP contribution < -0.4 is 4.72 Å². The predicted octanol–water partition coefficient (Wildman–Crippen LogP) is 3.62. The summed E-state index contributed by atoms with van der Waals surface area (Å²) in [4.78, 5) is 17.1. The molecule has 29 heavy (non-hydrogen) atoms. The third kappa shape index (κ3) is 3.21. The van der Waals surface area contributed by atoms with Gasteiger partial charge in [0.15, 0.2) is 0 Å². The summed E-state index contributed by atoms with van der Waals surface area (Å²) in [6, 6.07) is 15.2. The van der Waals surface area contributed by atoms with E-state index < -0.39 is 10.0 Å². The maximum Gasteiger partial charge on any atom is 0.270 e. The first-order chi connectivity index (χ1) is 14.0. The highest BCUT2D eigenvalue weighted by atomic mass is 32.2. The van der Waals surface area contributed by atoms with Crippen LogP contribution >= 0.6 is 0 Å². The molecule has 6 nitrogen and oxygen atoms in total. The van der Waals surface area contributed by atoms with E-state index >= 15 is 0 Å². The molecule has 1 amide bonds. The lowest BCUT2D eigenvalue weighted by Crippen LogP contribution is -2.27. The van der Waals surface area contributed by atoms with Gasteiger partial charge in [0.05, 0.1) is 0 Å². The molecule has 3 aromatic rings. The zero-order chi connectivity index (χ0) is 20.0. The number of carbonyl (C=O) groups excluding carboxylic acids is 1. The second-order valence-corrected chi connectivity index (χ2v) is 9.24. The molecular formula is C22H21N3O3S. The predicted molar refractivity (Wildman–Crippen MR) is 111 cm³/mol. The number of likely N-dealkylation sites (tertiary alicyclic amines) is 1. The third-order valence-corrected chi connectivity index (χ3v) is 7.00. The minimum absolute atomic E-state index is 0.0591. The van der Waals surface area contributed by atoms with Crippen LogP contribution in [-0.4, -0.2) is 37.3 Å². The number of hydrogen-bond acceptors (Lipinski definition) is 3. The van der Waals surface area contributed by atoms with Crippen molar-refractivity contribution in [1.29, 1.82) is 0 Å². The lowest BCUT2D eigenvalue weighted by molar-refractivity contribution is 0.0787. The molecule has 1 aliphatic heterocycles. The number of nitrogens with zero attached hydrogens (tertiary/aromatic N) is 1. The van der Waals surface area contributed by atoms with Crippen molar-refractivity contribution < 1.29 is 13.2 Å². The Labute approximate surface area is 169 Å². The highest BCUT2D eigenvalue weighted by molar-refractivity contribution is 7.92. The van der Waals surface area contributed by atoms with Crippen LogP contribution in [-0.2, 0) is 16.4 Å². The van der Waals surface area contributed by atoms with Crippen LogP contribution in [0.1, 0.15) is 34.5 Å². The van der Waals surface area contributed by atoms with Crippen molar-refractivity contribution >= 4 is 21.6 Å². The van der Waals surface area contributed by atoms with Gasteiger partial charge in [-0.3, -0.25) is 9.52 Å². The SMILES string of the molecule is O=C(c1cc(S(=O)(=O)Nc2ccc3c(c2)Cc2ccccc2-3)c[nH]1)N1CCCC1. The molecular weight excluding hydrogens is 386 g/mol. The molecule has 1 aromatic heterocycles. The molecule has 7 heteroatoms. The van der Waals surface area contributed by atoms with Gasteiger partial charge in [0.1, 0.15) is 10.6 Å². The maximum atomic E-state index is 12.8. The quantitative estimate of drug-likeness (QED) is 0.542. The number of aromatic nitrogens is 1. The van der Waals surface area contributed by atoms with Crippen LogP contribution in [0, 0.1) is 0 Å². The number of hydrogen-bond donors (Lipinski definition) is 2. The number of rotatable bonds is 4. The minimum Gasteiger partial charge on any atom is -0.356 e. The number of amides is 1. The summed E-state index contributed by atoms with van der Waals surface area (Å²) in [6.45, 7) is 1.44. The first-order valence-corrected chi connectivity index (χ1v) is 11.2. The minimum atomic E-state index is -3.79. The Bertz CT molecular complexity index is 1210. The Kier molecular flexibility index (Phi) is 4.20. The molecule has 0 radical (unpaired) electrons. The summed E-state index contributed by atoms with van der Waals surface area (Å²) in [6.07, 6.45) is 4.14. The summed E-state index contributed by atoms with van der Waals surface area (Å²) in [5, 5.41) is 0. The summed E-state index contributed by atoms with van der Waals surface area (Å²) in [5.41, 5.74) is 5.52. The van der Waals surface area contributed by atoms with Crippen LogP contribution in [0.5, 0.6) is 0 Å². The number of benzene rings is 2. The Balaban J connectivity index is 1.37. The van der Waals surface area contributed by atoms with Crippen molar-refractivity contribution in [3.63, 3.8) is 0 Å². The Morgan fingerprint density at radius 1 is 0.966 bits per heavy atom. The lowest BCUT2D eigenvalue weighted by Gasteiger charge is -2.13.